The summed E-state index contributed by atoms with van der Waals surface area (Å²) in [6.07, 6.45) is 5.48. The van der Waals surface area contributed by atoms with Crippen LogP contribution in [0.4, 0.5) is 0 Å². The van der Waals surface area contributed by atoms with Crippen molar-refractivity contribution in [1.82, 2.24) is 0 Å². The van der Waals surface area contributed by atoms with Crippen molar-refractivity contribution >= 4 is 5.97 Å². The lowest BCUT2D eigenvalue weighted by atomic mass is 9.81. The summed E-state index contributed by atoms with van der Waals surface area (Å²) < 4.78 is 5.85. The second-order valence-electron chi connectivity index (χ2n) is 7.61. The molecule has 142 valence electrons. The van der Waals surface area contributed by atoms with Gasteiger partial charge in [0, 0.05) is 12.3 Å². The van der Waals surface area contributed by atoms with Crippen molar-refractivity contribution in [2.75, 3.05) is 0 Å². The Bertz CT molecular complexity index is 670. The van der Waals surface area contributed by atoms with Gasteiger partial charge >= 0.3 is 5.97 Å². The van der Waals surface area contributed by atoms with Crippen LogP contribution in [-0.4, -0.2) is 28.4 Å². The number of hydrogen-bond donors (Lipinski definition) is 2. The van der Waals surface area contributed by atoms with Crippen LogP contribution in [0.2, 0.25) is 0 Å². The Kier molecular flexibility index (Phi) is 7.04. The van der Waals surface area contributed by atoms with Crippen molar-refractivity contribution in [3.8, 4) is 5.75 Å². The summed E-state index contributed by atoms with van der Waals surface area (Å²) in [5, 5.41) is 20.2. The minimum Gasteiger partial charge on any atom is -0.508 e. The van der Waals surface area contributed by atoms with Crippen LogP contribution in [0.5, 0.6) is 5.75 Å². The van der Waals surface area contributed by atoms with Crippen LogP contribution in [0.25, 0.3) is 0 Å². The molecule has 4 heteroatoms. The van der Waals surface area contributed by atoms with E-state index in [1.807, 2.05) is 33.8 Å². The van der Waals surface area contributed by atoms with Gasteiger partial charge in [-0.05, 0) is 56.9 Å². The van der Waals surface area contributed by atoms with Gasteiger partial charge in [-0.15, -0.1) is 0 Å². The Labute approximate surface area is 156 Å². The molecule has 1 aliphatic carbocycles. The van der Waals surface area contributed by atoms with Crippen molar-refractivity contribution in [3.05, 3.63) is 53.1 Å². The van der Waals surface area contributed by atoms with E-state index in [-0.39, 0.29) is 17.6 Å². The van der Waals surface area contributed by atoms with Gasteiger partial charge in [0.15, 0.2) is 0 Å². The monoisotopic (exact) mass is 358 g/mol. The van der Waals surface area contributed by atoms with E-state index in [4.69, 9.17) is 4.74 Å². The molecule has 1 aromatic rings. The highest BCUT2D eigenvalue weighted by Gasteiger charge is 2.33. The highest BCUT2D eigenvalue weighted by atomic mass is 16.5. The van der Waals surface area contributed by atoms with Crippen LogP contribution < -0.4 is 0 Å². The summed E-state index contributed by atoms with van der Waals surface area (Å²) in [5.74, 6) is -0.361. The number of carbonyl (C=O) groups is 1. The van der Waals surface area contributed by atoms with E-state index >= 15 is 0 Å². The smallest absolute Gasteiger partial charge is 0.338 e. The first-order valence-corrected chi connectivity index (χ1v) is 9.29. The highest BCUT2D eigenvalue weighted by molar-refractivity contribution is 5.89. The molecule has 1 aliphatic rings. The number of rotatable bonds is 3. The zero-order valence-electron chi connectivity index (χ0n) is 16.1. The van der Waals surface area contributed by atoms with E-state index in [0.29, 0.717) is 12.0 Å². The van der Waals surface area contributed by atoms with Crippen LogP contribution in [0.15, 0.2) is 47.6 Å². The molecular weight excluding hydrogens is 328 g/mol. The number of allylic oxidation sites excluding steroid dienone is 2. The van der Waals surface area contributed by atoms with E-state index in [1.165, 1.54) is 17.7 Å². The van der Waals surface area contributed by atoms with E-state index in [9.17, 15) is 15.0 Å². The Hall–Kier alpha value is -2.07. The summed E-state index contributed by atoms with van der Waals surface area (Å²) in [6.45, 7) is 8.17. The molecule has 0 heterocycles. The molecule has 0 bridgehead atoms. The predicted octanol–water partition coefficient (Wildman–Crippen LogP) is 4.63. The number of phenolic OH excluding ortho intramolecular Hbond substituents is 1. The van der Waals surface area contributed by atoms with Crippen molar-refractivity contribution < 1.29 is 19.7 Å². The Morgan fingerprint density at radius 3 is 2.42 bits per heavy atom. The van der Waals surface area contributed by atoms with Crippen LogP contribution in [0.1, 0.15) is 57.3 Å². The van der Waals surface area contributed by atoms with E-state index in [1.54, 1.807) is 12.1 Å². The third kappa shape index (κ3) is 5.46. The van der Waals surface area contributed by atoms with Gasteiger partial charge < -0.3 is 14.9 Å². The molecule has 0 aliphatic heterocycles. The molecule has 0 fully saturated rings. The quantitative estimate of drug-likeness (QED) is 0.611. The first kappa shape index (κ1) is 20.2. The van der Waals surface area contributed by atoms with Crippen molar-refractivity contribution in [2.24, 2.45) is 11.8 Å². The zero-order valence-corrected chi connectivity index (χ0v) is 16.1. The number of carbonyl (C=O) groups excluding carboxylic acids is 1. The summed E-state index contributed by atoms with van der Waals surface area (Å²) in [4.78, 5) is 12.6. The molecule has 3 atom stereocenters. The molecule has 26 heavy (non-hydrogen) atoms. The van der Waals surface area contributed by atoms with Gasteiger partial charge in [0.2, 0.25) is 0 Å². The Balaban J connectivity index is 2.30. The van der Waals surface area contributed by atoms with Gasteiger partial charge in [-0.2, -0.15) is 0 Å². The molecule has 2 unspecified atom stereocenters. The largest absolute Gasteiger partial charge is 0.508 e. The molecule has 2 N–H and O–H groups in total. The second kappa shape index (κ2) is 9.04. The van der Waals surface area contributed by atoms with E-state index < -0.39 is 18.2 Å². The van der Waals surface area contributed by atoms with Gasteiger partial charge in [-0.1, -0.05) is 37.1 Å². The Morgan fingerprint density at radius 2 is 1.81 bits per heavy atom. The number of aromatic hydroxyl groups is 1. The first-order chi connectivity index (χ1) is 12.3. The van der Waals surface area contributed by atoms with E-state index in [0.717, 1.165) is 18.4 Å². The lowest BCUT2D eigenvalue weighted by Gasteiger charge is -2.33. The van der Waals surface area contributed by atoms with Gasteiger partial charge in [0.25, 0.3) is 0 Å². The predicted molar refractivity (Wildman–Crippen MR) is 103 cm³/mol. The number of phenols is 1. The van der Waals surface area contributed by atoms with Gasteiger partial charge in [-0.25, -0.2) is 4.79 Å². The number of ether oxygens (including phenoxy) is 1. The summed E-state index contributed by atoms with van der Waals surface area (Å²) in [7, 11) is 0. The van der Waals surface area contributed by atoms with Gasteiger partial charge in [0.05, 0.1) is 11.7 Å². The molecule has 0 saturated heterocycles. The molecule has 0 spiro atoms. The minimum absolute atomic E-state index is 0.107. The fourth-order valence-electron chi connectivity index (χ4n) is 3.54. The zero-order chi connectivity index (χ0) is 19.3. The molecule has 2 rings (SSSR count). The average molecular weight is 358 g/mol. The summed E-state index contributed by atoms with van der Waals surface area (Å²) in [6, 6.07) is 6.03. The molecule has 1 aromatic carbocycles. The lowest BCUT2D eigenvalue weighted by Crippen LogP contribution is -2.38. The SMILES string of the molecule is CC1=CC(O)C(C(C)C)[C@@H](OC(=O)c2ccc(O)cc2)CC(C)=CCC1. The van der Waals surface area contributed by atoms with Crippen LogP contribution in [0.3, 0.4) is 0 Å². The van der Waals surface area contributed by atoms with Gasteiger partial charge in [-0.3, -0.25) is 0 Å². The van der Waals surface area contributed by atoms with Crippen LogP contribution in [0, 0.1) is 11.8 Å². The van der Waals surface area contributed by atoms with Crippen molar-refractivity contribution in [1.29, 1.82) is 0 Å². The molecule has 0 saturated carbocycles. The second-order valence-corrected chi connectivity index (χ2v) is 7.61. The molecule has 0 amide bonds. The summed E-state index contributed by atoms with van der Waals surface area (Å²) >= 11 is 0. The lowest BCUT2D eigenvalue weighted by molar-refractivity contribution is -0.0216. The molecular formula is C22H30O4. The third-order valence-corrected chi connectivity index (χ3v) is 4.96. The third-order valence-electron chi connectivity index (χ3n) is 4.96. The van der Waals surface area contributed by atoms with Crippen molar-refractivity contribution in [2.45, 2.75) is 59.2 Å². The normalized spacial score (nSPS) is 24.6. The standard InChI is InChI=1S/C22H30O4/c1-14(2)21-19(24)12-15(3)6-5-7-16(4)13-20(21)26-22(25)17-8-10-18(23)11-9-17/h7-12,14,19-21,23-24H,5-6,13H2,1-4H3/t19?,20-,21?/m0/s1. The molecule has 0 radical (unpaired) electrons. The fourth-order valence-corrected chi connectivity index (χ4v) is 3.54. The van der Waals surface area contributed by atoms with Crippen LogP contribution >= 0.6 is 0 Å². The maximum absolute atomic E-state index is 12.6. The number of benzene rings is 1. The number of hydrogen-bond acceptors (Lipinski definition) is 4. The molecule has 4 nitrogen and oxygen atoms in total. The highest BCUT2D eigenvalue weighted by Crippen LogP contribution is 2.30. The van der Waals surface area contributed by atoms with Gasteiger partial charge in [0.1, 0.15) is 11.9 Å². The number of aliphatic hydroxyl groups excluding tert-OH is 1. The maximum Gasteiger partial charge on any atom is 0.338 e. The molecule has 0 aromatic heterocycles. The average Bonchev–Trinajstić information content (AvgIpc) is 2.54. The topological polar surface area (TPSA) is 66.8 Å². The maximum atomic E-state index is 12.6. The number of aliphatic hydroxyl groups is 1. The first-order valence-electron chi connectivity index (χ1n) is 9.29. The van der Waals surface area contributed by atoms with Crippen molar-refractivity contribution in [3.63, 3.8) is 0 Å². The fraction of sp³-hybridized carbons (Fsp3) is 0.500. The number of esters is 1. The summed E-state index contributed by atoms with van der Waals surface area (Å²) in [5.41, 5.74) is 2.71. The Morgan fingerprint density at radius 1 is 1.15 bits per heavy atom. The van der Waals surface area contributed by atoms with Crippen LogP contribution in [-0.2, 0) is 4.74 Å². The van der Waals surface area contributed by atoms with E-state index in [2.05, 4.69) is 6.08 Å². The minimum atomic E-state index is -0.654.